The van der Waals surface area contributed by atoms with Crippen LogP contribution in [0.15, 0.2) is 75.0 Å². The Morgan fingerprint density at radius 3 is 2.71 bits per heavy atom. The number of aromatic hydroxyl groups is 1. The van der Waals surface area contributed by atoms with Crippen molar-refractivity contribution in [2.24, 2.45) is 5.10 Å². The monoisotopic (exact) mass is 494 g/mol. The summed E-state index contributed by atoms with van der Waals surface area (Å²) in [6.07, 6.45) is 1.21. The number of nitrogens with zero attached hydrogens (tertiary/aromatic N) is 4. The maximum Gasteiger partial charge on any atom is 0.312 e. The molecule has 0 saturated carbocycles. The Bertz CT molecular complexity index is 1710. The van der Waals surface area contributed by atoms with E-state index in [-0.39, 0.29) is 22.2 Å². The smallest absolute Gasteiger partial charge is 0.312 e. The van der Waals surface area contributed by atoms with Crippen molar-refractivity contribution in [2.45, 2.75) is 0 Å². The lowest BCUT2D eigenvalue weighted by Crippen LogP contribution is -2.20. The number of phenolic OH excluding ortho intramolecular Hbond substituents is 1. The van der Waals surface area contributed by atoms with E-state index in [9.17, 15) is 20.0 Å². The molecule has 0 unspecified atom stereocenters. The topological polar surface area (TPSA) is 124 Å². The highest BCUT2D eigenvalue weighted by molar-refractivity contribution is 6.32. The van der Waals surface area contributed by atoms with Gasteiger partial charge in [0.2, 0.25) is 11.6 Å². The molecule has 0 saturated heterocycles. The van der Waals surface area contributed by atoms with E-state index < -0.39 is 21.9 Å². The van der Waals surface area contributed by atoms with Crippen LogP contribution in [0.4, 0.5) is 5.69 Å². The van der Waals surface area contributed by atoms with Gasteiger partial charge in [-0.15, -0.1) is 0 Å². The second kappa shape index (κ2) is 8.29. The van der Waals surface area contributed by atoms with Gasteiger partial charge in [-0.3, -0.25) is 14.9 Å². The Morgan fingerprint density at radius 2 is 1.91 bits per heavy atom. The second-order valence-electron chi connectivity index (χ2n) is 7.23. The van der Waals surface area contributed by atoms with Gasteiger partial charge in [-0.1, -0.05) is 35.3 Å². The third kappa shape index (κ3) is 3.76. The largest absolute Gasteiger partial charge is 0.501 e. The summed E-state index contributed by atoms with van der Waals surface area (Å²) in [6.45, 7) is 0. The third-order valence-electron chi connectivity index (χ3n) is 5.04. The first-order valence-corrected chi connectivity index (χ1v) is 10.5. The number of fused-ring (bicyclic) bond motifs is 2. The molecule has 3 aromatic carbocycles. The molecule has 9 nitrogen and oxygen atoms in total. The van der Waals surface area contributed by atoms with Gasteiger partial charge in [0.25, 0.3) is 5.56 Å². The number of para-hydroxylation sites is 1. The SMILES string of the molecule is O=c1c2ccccc2nc(-c2cc3cc(Cl)ccc3o2)n1N=Cc1cc(Cl)c(O)c([N+](=O)[O-])c1. The van der Waals surface area contributed by atoms with Gasteiger partial charge in [0.1, 0.15) is 5.58 Å². The predicted octanol–water partition coefficient (Wildman–Crippen LogP) is 5.61. The number of nitro benzene ring substituents is 1. The molecule has 5 aromatic rings. The summed E-state index contributed by atoms with van der Waals surface area (Å²) in [5.41, 5.74) is 0.105. The van der Waals surface area contributed by atoms with E-state index in [1.807, 2.05) is 0 Å². The summed E-state index contributed by atoms with van der Waals surface area (Å²) in [5, 5.41) is 26.6. The predicted molar refractivity (Wildman–Crippen MR) is 129 cm³/mol. The molecule has 2 aromatic heterocycles. The van der Waals surface area contributed by atoms with Crippen molar-refractivity contribution in [3.8, 4) is 17.3 Å². The number of halogens is 2. The lowest BCUT2D eigenvalue weighted by molar-refractivity contribution is -0.385. The second-order valence-corrected chi connectivity index (χ2v) is 8.08. The van der Waals surface area contributed by atoms with Crippen LogP contribution in [0, 0.1) is 10.1 Å². The van der Waals surface area contributed by atoms with Crippen molar-refractivity contribution < 1.29 is 14.4 Å². The van der Waals surface area contributed by atoms with Gasteiger partial charge in [-0.2, -0.15) is 9.78 Å². The molecule has 0 aliphatic carbocycles. The molecule has 0 radical (unpaired) electrons. The Balaban J connectivity index is 1.72. The average Bonchev–Trinajstić information content (AvgIpc) is 3.23. The van der Waals surface area contributed by atoms with Gasteiger partial charge >= 0.3 is 5.69 Å². The van der Waals surface area contributed by atoms with Crippen LogP contribution in [0.3, 0.4) is 0 Å². The van der Waals surface area contributed by atoms with Gasteiger partial charge in [0, 0.05) is 22.0 Å². The Labute approximate surface area is 200 Å². The molecular weight excluding hydrogens is 483 g/mol. The first-order chi connectivity index (χ1) is 16.3. The zero-order valence-corrected chi connectivity index (χ0v) is 18.5. The summed E-state index contributed by atoms with van der Waals surface area (Å²) in [6, 6.07) is 15.9. The van der Waals surface area contributed by atoms with Crippen LogP contribution in [-0.2, 0) is 0 Å². The van der Waals surface area contributed by atoms with E-state index in [0.29, 0.717) is 26.9 Å². The lowest BCUT2D eigenvalue weighted by Gasteiger charge is -2.07. The first kappa shape index (κ1) is 21.6. The van der Waals surface area contributed by atoms with Crippen LogP contribution < -0.4 is 5.56 Å². The van der Waals surface area contributed by atoms with Crippen molar-refractivity contribution in [2.75, 3.05) is 0 Å². The van der Waals surface area contributed by atoms with E-state index >= 15 is 0 Å². The normalized spacial score (nSPS) is 11.6. The number of rotatable bonds is 4. The van der Waals surface area contributed by atoms with E-state index in [4.69, 9.17) is 27.6 Å². The van der Waals surface area contributed by atoms with Crippen LogP contribution in [-0.4, -0.2) is 25.9 Å². The fraction of sp³-hybridized carbons (Fsp3) is 0. The molecular formula is C23H12Cl2N4O5. The zero-order chi connectivity index (χ0) is 24.0. The highest BCUT2D eigenvalue weighted by atomic mass is 35.5. The third-order valence-corrected chi connectivity index (χ3v) is 5.56. The average molecular weight is 495 g/mol. The van der Waals surface area contributed by atoms with Crippen LogP contribution in [0.2, 0.25) is 10.0 Å². The molecule has 0 spiro atoms. The maximum absolute atomic E-state index is 13.3. The number of nitro groups is 1. The summed E-state index contributed by atoms with van der Waals surface area (Å²) in [4.78, 5) is 28.3. The van der Waals surface area contributed by atoms with Crippen LogP contribution in [0.25, 0.3) is 33.5 Å². The van der Waals surface area contributed by atoms with Gasteiger partial charge in [0.15, 0.2) is 5.76 Å². The summed E-state index contributed by atoms with van der Waals surface area (Å²) >= 11 is 12.0. The number of aromatic nitrogens is 2. The van der Waals surface area contributed by atoms with Gasteiger partial charge in [0.05, 0.1) is 27.1 Å². The molecule has 0 aliphatic rings. The Hall–Kier alpha value is -4.21. The Kier molecular flexibility index (Phi) is 5.27. The van der Waals surface area contributed by atoms with Crippen molar-refractivity contribution in [3.63, 3.8) is 0 Å². The standard InChI is InChI=1S/C23H12Cl2N4O5/c24-14-5-6-19-13(9-14)10-20(34-19)22-27-17-4-2-1-3-15(17)23(31)28(22)26-11-12-7-16(25)21(30)18(8-12)29(32)33/h1-11,30H. The first-order valence-electron chi connectivity index (χ1n) is 9.74. The maximum atomic E-state index is 13.3. The minimum Gasteiger partial charge on any atom is -0.501 e. The molecule has 0 bridgehead atoms. The van der Waals surface area contributed by atoms with Gasteiger partial charge in [-0.25, -0.2) is 4.98 Å². The van der Waals surface area contributed by atoms with Crippen LogP contribution in [0.1, 0.15) is 5.56 Å². The van der Waals surface area contributed by atoms with Crippen molar-refractivity contribution >= 4 is 57.0 Å². The number of phenols is 1. The van der Waals surface area contributed by atoms with E-state index in [0.717, 1.165) is 10.7 Å². The van der Waals surface area contributed by atoms with Crippen LogP contribution >= 0.6 is 23.2 Å². The summed E-state index contributed by atoms with van der Waals surface area (Å²) in [7, 11) is 0. The minimum atomic E-state index is -0.771. The van der Waals surface area contributed by atoms with E-state index in [1.165, 1.54) is 12.3 Å². The molecule has 0 fully saturated rings. The van der Waals surface area contributed by atoms with Gasteiger partial charge < -0.3 is 9.52 Å². The molecule has 0 aliphatic heterocycles. The minimum absolute atomic E-state index is 0.117. The van der Waals surface area contributed by atoms with Crippen molar-refractivity contribution in [1.29, 1.82) is 0 Å². The quantitative estimate of drug-likeness (QED) is 0.196. The van der Waals surface area contributed by atoms with E-state index in [1.54, 1.807) is 48.5 Å². The Morgan fingerprint density at radius 1 is 1.12 bits per heavy atom. The molecule has 0 amide bonds. The van der Waals surface area contributed by atoms with E-state index in [2.05, 4.69) is 10.1 Å². The van der Waals surface area contributed by atoms with Crippen molar-refractivity contribution in [3.05, 3.63) is 96.7 Å². The highest BCUT2D eigenvalue weighted by Gasteiger charge is 2.19. The summed E-state index contributed by atoms with van der Waals surface area (Å²) in [5.74, 6) is -0.270. The fourth-order valence-corrected chi connectivity index (χ4v) is 3.86. The highest BCUT2D eigenvalue weighted by Crippen LogP contribution is 2.34. The molecule has 11 heteroatoms. The molecule has 0 atom stereocenters. The lowest BCUT2D eigenvalue weighted by atomic mass is 10.2. The fourth-order valence-electron chi connectivity index (χ4n) is 3.46. The number of hydrogen-bond donors (Lipinski definition) is 1. The number of hydrogen-bond acceptors (Lipinski definition) is 7. The zero-order valence-electron chi connectivity index (χ0n) is 17.0. The molecule has 168 valence electrons. The summed E-state index contributed by atoms with van der Waals surface area (Å²) < 4.78 is 6.93. The molecule has 1 N–H and O–H groups in total. The number of furan rings is 1. The molecule has 2 heterocycles. The van der Waals surface area contributed by atoms with Crippen LogP contribution in [0.5, 0.6) is 5.75 Å². The number of benzene rings is 3. The van der Waals surface area contributed by atoms with Gasteiger partial charge in [-0.05, 0) is 42.5 Å². The molecule has 5 rings (SSSR count). The van der Waals surface area contributed by atoms with Crippen molar-refractivity contribution in [1.82, 2.24) is 9.66 Å². The molecule has 34 heavy (non-hydrogen) atoms.